The molecule has 18 heavy (non-hydrogen) atoms. The first-order chi connectivity index (χ1) is 8.83. The zero-order valence-electron chi connectivity index (χ0n) is 10.3. The average molecular weight is 244 g/mol. The molecule has 1 atom stereocenters. The molecule has 1 fully saturated rings. The summed E-state index contributed by atoms with van der Waals surface area (Å²) in [7, 11) is 0. The highest BCUT2D eigenvalue weighted by Crippen LogP contribution is 2.20. The molecule has 94 valence electrons. The Morgan fingerprint density at radius 3 is 3.00 bits per heavy atom. The van der Waals surface area contributed by atoms with Gasteiger partial charge in [-0.3, -0.25) is 15.1 Å². The number of nitrogens with one attached hydrogen (secondary N) is 3. The van der Waals surface area contributed by atoms with Crippen molar-refractivity contribution in [3.8, 4) is 11.4 Å². The van der Waals surface area contributed by atoms with Gasteiger partial charge in [0.25, 0.3) is 0 Å². The summed E-state index contributed by atoms with van der Waals surface area (Å²) in [5.74, 6) is 0.865. The first-order valence-corrected chi connectivity index (χ1v) is 6.13. The van der Waals surface area contributed by atoms with Crippen molar-refractivity contribution in [3.05, 3.63) is 24.2 Å². The Balaban J connectivity index is 1.79. The molecule has 2 aromatic heterocycles. The van der Waals surface area contributed by atoms with Crippen LogP contribution < -0.4 is 10.6 Å². The van der Waals surface area contributed by atoms with Crippen molar-refractivity contribution in [2.45, 2.75) is 19.4 Å². The minimum Gasteiger partial charge on any atom is -0.365 e. The summed E-state index contributed by atoms with van der Waals surface area (Å²) < 4.78 is 0. The molecule has 1 saturated heterocycles. The molecule has 0 aromatic carbocycles. The van der Waals surface area contributed by atoms with E-state index in [9.17, 15) is 0 Å². The number of hydrogen-bond donors (Lipinski definition) is 3. The van der Waals surface area contributed by atoms with E-state index < -0.39 is 0 Å². The molecule has 1 aliphatic rings. The number of anilines is 1. The number of aromatic nitrogens is 4. The van der Waals surface area contributed by atoms with Gasteiger partial charge in [0.1, 0.15) is 11.5 Å². The second-order valence-corrected chi connectivity index (χ2v) is 4.49. The molecule has 1 aliphatic heterocycles. The molecule has 3 heterocycles. The van der Waals surface area contributed by atoms with E-state index in [0.29, 0.717) is 6.04 Å². The number of H-pyrrole nitrogens is 1. The smallest absolute Gasteiger partial charge is 0.148 e. The van der Waals surface area contributed by atoms with Crippen molar-refractivity contribution in [1.82, 2.24) is 25.5 Å². The fourth-order valence-corrected chi connectivity index (χ4v) is 2.18. The summed E-state index contributed by atoms with van der Waals surface area (Å²) in [5, 5.41) is 14.0. The zero-order chi connectivity index (χ0) is 12.4. The highest BCUT2D eigenvalue weighted by Gasteiger charge is 2.15. The second kappa shape index (κ2) is 4.73. The molecule has 1 unspecified atom stereocenters. The van der Waals surface area contributed by atoms with Gasteiger partial charge in [0, 0.05) is 31.0 Å². The maximum atomic E-state index is 4.32. The maximum Gasteiger partial charge on any atom is 0.148 e. The van der Waals surface area contributed by atoms with Crippen LogP contribution in [0, 0.1) is 6.92 Å². The van der Waals surface area contributed by atoms with Crippen LogP contribution in [0.4, 0.5) is 5.82 Å². The van der Waals surface area contributed by atoms with Crippen LogP contribution in [0.3, 0.4) is 0 Å². The quantitative estimate of drug-likeness (QED) is 0.749. The summed E-state index contributed by atoms with van der Waals surface area (Å²) in [5.41, 5.74) is 2.65. The molecule has 3 rings (SSSR count). The molecular weight excluding hydrogens is 228 g/mol. The van der Waals surface area contributed by atoms with Gasteiger partial charge in [0.2, 0.25) is 0 Å². The van der Waals surface area contributed by atoms with E-state index in [1.54, 1.807) is 12.4 Å². The van der Waals surface area contributed by atoms with Gasteiger partial charge in [-0.15, -0.1) is 0 Å². The van der Waals surface area contributed by atoms with Crippen LogP contribution in [0.5, 0.6) is 0 Å². The van der Waals surface area contributed by atoms with Crippen LogP contribution in [0.15, 0.2) is 18.5 Å². The standard InChI is InChI=1S/C12H16N6/c1-8-12(15-5-4-14-8)10-6-11(18-17-10)16-9-2-3-13-7-9/h4-6,9,13H,2-3,7H2,1H3,(H2,16,17,18). The first kappa shape index (κ1) is 11.2. The molecule has 0 spiro atoms. The largest absolute Gasteiger partial charge is 0.365 e. The van der Waals surface area contributed by atoms with E-state index in [2.05, 4.69) is 30.8 Å². The van der Waals surface area contributed by atoms with Gasteiger partial charge >= 0.3 is 0 Å². The lowest BCUT2D eigenvalue weighted by molar-refractivity contribution is 0.786. The van der Waals surface area contributed by atoms with Crippen LogP contribution in [0.2, 0.25) is 0 Å². The third-order valence-electron chi connectivity index (χ3n) is 3.13. The summed E-state index contributed by atoms with van der Waals surface area (Å²) in [6.07, 6.45) is 4.52. The Bertz CT molecular complexity index is 529. The lowest BCUT2D eigenvalue weighted by atomic mass is 10.2. The van der Waals surface area contributed by atoms with Gasteiger partial charge in [-0.1, -0.05) is 0 Å². The van der Waals surface area contributed by atoms with Crippen molar-refractivity contribution in [2.75, 3.05) is 18.4 Å². The van der Waals surface area contributed by atoms with E-state index >= 15 is 0 Å². The molecule has 0 saturated carbocycles. The molecule has 0 amide bonds. The molecule has 0 aliphatic carbocycles. The summed E-state index contributed by atoms with van der Waals surface area (Å²) >= 11 is 0. The van der Waals surface area contributed by atoms with E-state index in [4.69, 9.17) is 0 Å². The van der Waals surface area contributed by atoms with Crippen molar-refractivity contribution in [1.29, 1.82) is 0 Å². The van der Waals surface area contributed by atoms with Gasteiger partial charge in [0.05, 0.1) is 11.4 Å². The third-order valence-corrected chi connectivity index (χ3v) is 3.13. The van der Waals surface area contributed by atoms with Crippen LogP contribution in [-0.4, -0.2) is 39.3 Å². The highest BCUT2D eigenvalue weighted by molar-refractivity contribution is 5.60. The fourth-order valence-electron chi connectivity index (χ4n) is 2.18. The molecule has 0 radical (unpaired) electrons. The van der Waals surface area contributed by atoms with Crippen molar-refractivity contribution in [2.24, 2.45) is 0 Å². The normalized spacial score (nSPS) is 19.1. The molecule has 3 N–H and O–H groups in total. The number of nitrogens with zero attached hydrogens (tertiary/aromatic N) is 3. The van der Waals surface area contributed by atoms with Crippen LogP contribution in [0.25, 0.3) is 11.4 Å². The zero-order valence-corrected chi connectivity index (χ0v) is 10.3. The van der Waals surface area contributed by atoms with Gasteiger partial charge in [-0.2, -0.15) is 5.10 Å². The molecule has 6 heteroatoms. The van der Waals surface area contributed by atoms with Crippen LogP contribution in [0.1, 0.15) is 12.1 Å². The summed E-state index contributed by atoms with van der Waals surface area (Å²) in [6.45, 7) is 4.00. The maximum absolute atomic E-state index is 4.32. The van der Waals surface area contributed by atoms with E-state index in [1.165, 1.54) is 0 Å². The van der Waals surface area contributed by atoms with Gasteiger partial charge in [-0.25, -0.2) is 0 Å². The van der Waals surface area contributed by atoms with Gasteiger partial charge < -0.3 is 10.6 Å². The molecule has 2 aromatic rings. The topological polar surface area (TPSA) is 78.5 Å². The third kappa shape index (κ3) is 2.19. The Morgan fingerprint density at radius 1 is 1.33 bits per heavy atom. The van der Waals surface area contributed by atoms with E-state index in [0.717, 1.165) is 42.4 Å². The van der Waals surface area contributed by atoms with Crippen molar-refractivity contribution >= 4 is 5.82 Å². The summed E-state index contributed by atoms with van der Waals surface area (Å²) in [6, 6.07) is 2.44. The number of aromatic amines is 1. The number of hydrogen-bond acceptors (Lipinski definition) is 5. The fraction of sp³-hybridized carbons (Fsp3) is 0.417. The number of rotatable bonds is 3. The average Bonchev–Trinajstić information content (AvgIpc) is 3.02. The Labute approximate surface area is 105 Å². The predicted molar refractivity (Wildman–Crippen MR) is 69.2 cm³/mol. The van der Waals surface area contributed by atoms with Crippen LogP contribution in [-0.2, 0) is 0 Å². The minimum absolute atomic E-state index is 0.462. The predicted octanol–water partition coefficient (Wildman–Crippen LogP) is 0.949. The molecule has 6 nitrogen and oxygen atoms in total. The Kier molecular flexibility index (Phi) is 2.93. The van der Waals surface area contributed by atoms with Crippen molar-refractivity contribution in [3.63, 3.8) is 0 Å². The molecule has 0 bridgehead atoms. The van der Waals surface area contributed by atoms with E-state index in [1.807, 2.05) is 13.0 Å². The SMILES string of the molecule is Cc1nccnc1-c1cc(NC2CCNC2)n[nH]1. The Morgan fingerprint density at radius 2 is 2.22 bits per heavy atom. The monoisotopic (exact) mass is 244 g/mol. The molecular formula is C12H16N6. The Hall–Kier alpha value is -1.95. The van der Waals surface area contributed by atoms with E-state index in [-0.39, 0.29) is 0 Å². The van der Waals surface area contributed by atoms with Gasteiger partial charge in [-0.05, 0) is 19.9 Å². The highest BCUT2D eigenvalue weighted by atomic mass is 15.2. The second-order valence-electron chi connectivity index (χ2n) is 4.49. The lowest BCUT2D eigenvalue weighted by Crippen LogP contribution is -2.22. The van der Waals surface area contributed by atoms with Crippen molar-refractivity contribution < 1.29 is 0 Å². The first-order valence-electron chi connectivity index (χ1n) is 6.13. The lowest BCUT2D eigenvalue weighted by Gasteiger charge is -2.08. The number of aryl methyl sites for hydroxylation is 1. The van der Waals surface area contributed by atoms with Gasteiger partial charge in [0.15, 0.2) is 0 Å². The van der Waals surface area contributed by atoms with Crippen LogP contribution >= 0.6 is 0 Å². The minimum atomic E-state index is 0.462. The summed E-state index contributed by atoms with van der Waals surface area (Å²) in [4.78, 5) is 8.55.